The van der Waals surface area contributed by atoms with Gasteiger partial charge in [-0.2, -0.15) is 5.10 Å². The molecule has 0 unspecified atom stereocenters. The Bertz CT molecular complexity index is 370. The fourth-order valence-corrected chi connectivity index (χ4v) is 3.41. The van der Waals surface area contributed by atoms with Gasteiger partial charge >= 0.3 is 0 Å². The van der Waals surface area contributed by atoms with Crippen molar-refractivity contribution in [1.82, 2.24) is 15.1 Å². The summed E-state index contributed by atoms with van der Waals surface area (Å²) in [4.78, 5) is 2.64. The Morgan fingerprint density at radius 3 is 2.82 bits per heavy atom. The molecule has 0 spiro atoms. The number of aromatic amines is 1. The van der Waals surface area contributed by atoms with Crippen molar-refractivity contribution < 1.29 is 5.11 Å². The summed E-state index contributed by atoms with van der Waals surface area (Å²) in [7, 11) is 0. The molecule has 0 radical (unpaired) electrons. The number of nitrogens with one attached hydrogen (secondary N) is 1. The molecule has 1 aliphatic heterocycles. The van der Waals surface area contributed by atoms with Gasteiger partial charge in [-0.15, -0.1) is 0 Å². The van der Waals surface area contributed by atoms with E-state index in [9.17, 15) is 0 Å². The molecular formula is C13H21N3O. The van der Waals surface area contributed by atoms with Crippen molar-refractivity contribution in [3.05, 3.63) is 17.5 Å². The number of aliphatic hydroxyl groups excluding tert-OH is 1. The molecule has 1 aromatic heterocycles. The lowest BCUT2D eigenvalue weighted by atomic mass is 10.1. The summed E-state index contributed by atoms with van der Waals surface area (Å²) in [5.41, 5.74) is 1.96. The molecule has 2 aliphatic rings. The van der Waals surface area contributed by atoms with Gasteiger partial charge in [0, 0.05) is 6.04 Å². The highest BCUT2D eigenvalue weighted by Crippen LogP contribution is 2.37. The van der Waals surface area contributed by atoms with Gasteiger partial charge in [0.1, 0.15) is 0 Å². The zero-order chi connectivity index (χ0) is 11.7. The van der Waals surface area contributed by atoms with Crippen molar-refractivity contribution in [2.75, 3.05) is 6.54 Å². The largest absolute Gasteiger partial charge is 0.390 e. The summed E-state index contributed by atoms with van der Waals surface area (Å²) >= 11 is 0. The molecule has 2 heterocycles. The molecule has 1 aliphatic carbocycles. The lowest BCUT2D eigenvalue weighted by molar-refractivity contribution is 0.180. The third kappa shape index (κ3) is 2.11. The number of H-pyrrole nitrogens is 1. The average molecular weight is 235 g/mol. The van der Waals surface area contributed by atoms with E-state index in [1.807, 2.05) is 6.07 Å². The van der Waals surface area contributed by atoms with Crippen LogP contribution in [0.15, 0.2) is 6.07 Å². The van der Waals surface area contributed by atoms with Crippen LogP contribution < -0.4 is 0 Å². The summed E-state index contributed by atoms with van der Waals surface area (Å²) in [5, 5.41) is 16.4. The highest BCUT2D eigenvalue weighted by molar-refractivity contribution is 5.14. The maximum absolute atomic E-state index is 9.09. The van der Waals surface area contributed by atoms with E-state index in [0.29, 0.717) is 6.04 Å². The van der Waals surface area contributed by atoms with Gasteiger partial charge in [0.2, 0.25) is 0 Å². The number of aromatic nitrogens is 2. The van der Waals surface area contributed by atoms with Crippen molar-refractivity contribution in [3.63, 3.8) is 0 Å². The van der Waals surface area contributed by atoms with Gasteiger partial charge in [-0.3, -0.25) is 10.00 Å². The zero-order valence-electron chi connectivity index (χ0n) is 10.2. The molecule has 4 heteroatoms. The van der Waals surface area contributed by atoms with Crippen molar-refractivity contribution >= 4 is 0 Å². The SMILES string of the molecule is OCc1cc([C@@H]2CCCN2C2CCCC2)n[nH]1. The van der Waals surface area contributed by atoms with E-state index < -0.39 is 0 Å². The molecule has 0 bridgehead atoms. The van der Waals surface area contributed by atoms with Crippen molar-refractivity contribution in [3.8, 4) is 0 Å². The molecule has 2 N–H and O–H groups in total. The quantitative estimate of drug-likeness (QED) is 0.842. The van der Waals surface area contributed by atoms with E-state index in [-0.39, 0.29) is 6.61 Å². The molecule has 4 nitrogen and oxygen atoms in total. The summed E-state index contributed by atoms with van der Waals surface area (Å²) < 4.78 is 0. The Morgan fingerprint density at radius 1 is 1.29 bits per heavy atom. The minimum atomic E-state index is 0.0587. The van der Waals surface area contributed by atoms with Crippen LogP contribution in [0.1, 0.15) is 56.0 Å². The van der Waals surface area contributed by atoms with E-state index in [0.717, 1.165) is 17.4 Å². The predicted octanol–water partition coefficient (Wildman–Crippen LogP) is 1.98. The Morgan fingerprint density at radius 2 is 2.12 bits per heavy atom. The molecule has 1 saturated heterocycles. The van der Waals surface area contributed by atoms with E-state index in [4.69, 9.17) is 5.11 Å². The standard InChI is InChI=1S/C13H21N3O/c17-9-10-8-12(15-14-10)13-6-3-7-16(13)11-4-1-2-5-11/h8,11,13,17H,1-7,9H2,(H,14,15)/t13-/m0/s1. The highest BCUT2D eigenvalue weighted by atomic mass is 16.3. The average Bonchev–Trinajstić information content (AvgIpc) is 3.09. The monoisotopic (exact) mass is 235 g/mol. The molecule has 1 aromatic rings. The fraction of sp³-hybridized carbons (Fsp3) is 0.769. The van der Waals surface area contributed by atoms with Crippen LogP contribution in [-0.2, 0) is 6.61 Å². The molecule has 94 valence electrons. The van der Waals surface area contributed by atoms with Gasteiger partial charge in [0.15, 0.2) is 0 Å². The van der Waals surface area contributed by atoms with Gasteiger partial charge < -0.3 is 5.11 Å². The molecule has 0 amide bonds. The first-order valence-electron chi connectivity index (χ1n) is 6.79. The summed E-state index contributed by atoms with van der Waals surface area (Å²) in [6.07, 6.45) is 7.98. The minimum absolute atomic E-state index is 0.0587. The van der Waals surface area contributed by atoms with Crippen molar-refractivity contribution in [2.24, 2.45) is 0 Å². The Hall–Kier alpha value is -0.870. The second-order valence-electron chi connectivity index (χ2n) is 5.31. The topological polar surface area (TPSA) is 52.1 Å². The normalized spacial score (nSPS) is 27.0. The number of aliphatic hydroxyl groups is 1. The first-order valence-corrected chi connectivity index (χ1v) is 6.79. The Balaban J connectivity index is 1.76. The smallest absolute Gasteiger partial charge is 0.0847 e. The lowest BCUT2D eigenvalue weighted by Gasteiger charge is -2.29. The summed E-state index contributed by atoms with van der Waals surface area (Å²) in [5.74, 6) is 0. The van der Waals surface area contributed by atoms with Gasteiger partial charge in [-0.25, -0.2) is 0 Å². The van der Waals surface area contributed by atoms with E-state index in [2.05, 4.69) is 15.1 Å². The van der Waals surface area contributed by atoms with Crippen LogP contribution in [0, 0.1) is 0 Å². The van der Waals surface area contributed by atoms with Crippen LogP contribution in [0.25, 0.3) is 0 Å². The van der Waals surface area contributed by atoms with E-state index in [1.54, 1.807) is 0 Å². The van der Waals surface area contributed by atoms with Crippen LogP contribution in [0.4, 0.5) is 0 Å². The van der Waals surface area contributed by atoms with Gasteiger partial charge in [-0.05, 0) is 38.3 Å². The van der Waals surface area contributed by atoms with E-state index >= 15 is 0 Å². The van der Waals surface area contributed by atoms with Crippen LogP contribution in [0.5, 0.6) is 0 Å². The van der Waals surface area contributed by atoms with Crippen LogP contribution in [-0.4, -0.2) is 32.8 Å². The first kappa shape index (κ1) is 11.2. The number of nitrogens with zero attached hydrogens (tertiary/aromatic N) is 2. The summed E-state index contributed by atoms with van der Waals surface area (Å²) in [6.45, 7) is 1.28. The van der Waals surface area contributed by atoms with Crippen LogP contribution in [0.3, 0.4) is 0 Å². The second-order valence-corrected chi connectivity index (χ2v) is 5.31. The van der Waals surface area contributed by atoms with Gasteiger partial charge in [0.25, 0.3) is 0 Å². The molecular weight excluding hydrogens is 214 g/mol. The second kappa shape index (κ2) is 4.78. The summed E-state index contributed by atoms with van der Waals surface area (Å²) in [6, 6.07) is 3.28. The maximum atomic E-state index is 9.09. The number of hydrogen-bond acceptors (Lipinski definition) is 3. The minimum Gasteiger partial charge on any atom is -0.390 e. The third-order valence-electron chi connectivity index (χ3n) is 4.25. The fourth-order valence-electron chi connectivity index (χ4n) is 3.41. The van der Waals surface area contributed by atoms with Crippen LogP contribution in [0.2, 0.25) is 0 Å². The Labute approximate surface area is 102 Å². The number of hydrogen-bond donors (Lipinski definition) is 2. The number of rotatable bonds is 3. The molecule has 1 saturated carbocycles. The zero-order valence-corrected chi connectivity index (χ0v) is 10.2. The maximum Gasteiger partial charge on any atom is 0.0847 e. The van der Waals surface area contributed by atoms with Crippen LogP contribution >= 0.6 is 0 Å². The molecule has 17 heavy (non-hydrogen) atoms. The molecule has 2 fully saturated rings. The molecule has 0 aromatic carbocycles. The molecule has 1 atom stereocenters. The van der Waals surface area contributed by atoms with Crippen molar-refractivity contribution in [2.45, 2.75) is 57.2 Å². The number of likely N-dealkylation sites (tertiary alicyclic amines) is 1. The Kier molecular flexibility index (Phi) is 3.16. The highest BCUT2D eigenvalue weighted by Gasteiger charge is 2.34. The lowest BCUT2D eigenvalue weighted by Crippen LogP contribution is -2.32. The predicted molar refractivity (Wildman–Crippen MR) is 65.4 cm³/mol. The first-order chi connectivity index (χ1) is 8.38. The molecule has 3 rings (SSSR count). The van der Waals surface area contributed by atoms with Gasteiger partial charge in [-0.1, -0.05) is 12.8 Å². The van der Waals surface area contributed by atoms with Gasteiger partial charge in [0.05, 0.1) is 24.0 Å². The van der Waals surface area contributed by atoms with Crippen molar-refractivity contribution in [1.29, 1.82) is 0 Å². The third-order valence-corrected chi connectivity index (χ3v) is 4.25. The van der Waals surface area contributed by atoms with E-state index in [1.165, 1.54) is 45.1 Å².